The summed E-state index contributed by atoms with van der Waals surface area (Å²) in [5.41, 5.74) is 7.65. The third-order valence-corrected chi connectivity index (χ3v) is 3.14. The lowest BCUT2D eigenvalue weighted by molar-refractivity contribution is 0.619. The molecule has 3 N–H and O–H groups in total. The Morgan fingerprint density at radius 1 is 1.05 bits per heavy atom. The average Bonchev–Trinajstić information content (AvgIpc) is 2.43. The molecule has 20 heavy (non-hydrogen) atoms. The fourth-order valence-corrected chi connectivity index (χ4v) is 2.06. The van der Waals surface area contributed by atoms with Gasteiger partial charge < -0.3 is 11.1 Å². The van der Waals surface area contributed by atoms with Crippen molar-refractivity contribution >= 4 is 28.4 Å². The standard InChI is InChI=1S/C15H13FN4/c1-9-11(16)6-4-8-12(9)18-14-10-5-2-3-7-13(10)19-15(17)20-14/h2-8H,1H3,(H3,17,18,19,20). The summed E-state index contributed by atoms with van der Waals surface area (Å²) >= 11 is 0. The van der Waals surface area contributed by atoms with Crippen molar-refractivity contribution in [1.29, 1.82) is 0 Å². The predicted octanol–water partition coefficient (Wildman–Crippen LogP) is 3.40. The topological polar surface area (TPSA) is 63.8 Å². The molecule has 0 radical (unpaired) electrons. The second kappa shape index (κ2) is 4.77. The normalized spacial score (nSPS) is 10.7. The molecule has 0 amide bonds. The number of rotatable bonds is 2. The fourth-order valence-electron chi connectivity index (χ4n) is 2.06. The molecular weight excluding hydrogens is 255 g/mol. The van der Waals surface area contributed by atoms with E-state index in [-0.39, 0.29) is 11.8 Å². The highest BCUT2D eigenvalue weighted by molar-refractivity contribution is 5.91. The number of nitrogen functional groups attached to an aromatic ring is 1. The van der Waals surface area contributed by atoms with E-state index < -0.39 is 0 Å². The monoisotopic (exact) mass is 268 g/mol. The van der Waals surface area contributed by atoms with Gasteiger partial charge in [-0.1, -0.05) is 18.2 Å². The first-order chi connectivity index (χ1) is 9.65. The lowest BCUT2D eigenvalue weighted by atomic mass is 10.1. The molecule has 2 aromatic carbocycles. The van der Waals surface area contributed by atoms with Crippen LogP contribution in [-0.2, 0) is 0 Å². The van der Waals surface area contributed by atoms with E-state index in [0.717, 1.165) is 10.9 Å². The highest BCUT2D eigenvalue weighted by Crippen LogP contribution is 2.26. The summed E-state index contributed by atoms with van der Waals surface area (Å²) in [6.45, 7) is 1.71. The number of anilines is 3. The Balaban J connectivity index is 2.13. The molecule has 0 aliphatic rings. The Kier molecular flexibility index (Phi) is 2.95. The van der Waals surface area contributed by atoms with E-state index in [1.165, 1.54) is 6.07 Å². The van der Waals surface area contributed by atoms with Crippen LogP contribution in [0.3, 0.4) is 0 Å². The molecule has 0 unspecified atom stereocenters. The van der Waals surface area contributed by atoms with E-state index in [1.54, 1.807) is 19.1 Å². The van der Waals surface area contributed by atoms with Gasteiger partial charge in [-0.05, 0) is 31.2 Å². The molecule has 0 bridgehead atoms. The first-order valence-corrected chi connectivity index (χ1v) is 6.19. The van der Waals surface area contributed by atoms with Crippen molar-refractivity contribution in [3.05, 3.63) is 53.8 Å². The number of halogens is 1. The number of para-hydroxylation sites is 1. The molecule has 5 heteroatoms. The van der Waals surface area contributed by atoms with Gasteiger partial charge in [0.1, 0.15) is 11.6 Å². The highest BCUT2D eigenvalue weighted by atomic mass is 19.1. The summed E-state index contributed by atoms with van der Waals surface area (Å²) < 4.78 is 13.6. The number of nitrogens with two attached hydrogens (primary N) is 1. The van der Waals surface area contributed by atoms with Crippen molar-refractivity contribution in [2.24, 2.45) is 0 Å². The maximum absolute atomic E-state index is 13.6. The Bertz CT molecular complexity index is 786. The molecule has 0 aliphatic heterocycles. The zero-order valence-electron chi connectivity index (χ0n) is 10.9. The van der Waals surface area contributed by atoms with Crippen molar-refractivity contribution in [1.82, 2.24) is 9.97 Å². The lowest BCUT2D eigenvalue weighted by Gasteiger charge is -2.11. The van der Waals surface area contributed by atoms with Crippen LogP contribution < -0.4 is 11.1 Å². The molecule has 0 saturated heterocycles. The largest absolute Gasteiger partial charge is 0.368 e. The fraction of sp³-hybridized carbons (Fsp3) is 0.0667. The van der Waals surface area contributed by atoms with Gasteiger partial charge >= 0.3 is 0 Å². The lowest BCUT2D eigenvalue weighted by Crippen LogP contribution is -2.02. The van der Waals surface area contributed by atoms with Gasteiger partial charge in [-0.15, -0.1) is 0 Å². The first-order valence-electron chi connectivity index (χ1n) is 6.19. The van der Waals surface area contributed by atoms with Crippen molar-refractivity contribution in [2.45, 2.75) is 6.92 Å². The molecule has 1 aromatic heterocycles. The summed E-state index contributed by atoms with van der Waals surface area (Å²) in [6.07, 6.45) is 0. The maximum atomic E-state index is 13.6. The van der Waals surface area contributed by atoms with Gasteiger partial charge in [-0.2, -0.15) is 4.98 Å². The second-order valence-electron chi connectivity index (χ2n) is 4.48. The zero-order chi connectivity index (χ0) is 14.1. The highest BCUT2D eigenvalue weighted by Gasteiger charge is 2.09. The number of hydrogen-bond donors (Lipinski definition) is 2. The minimum Gasteiger partial charge on any atom is -0.368 e. The van der Waals surface area contributed by atoms with Crippen molar-refractivity contribution < 1.29 is 4.39 Å². The number of aromatic nitrogens is 2. The quantitative estimate of drug-likeness (QED) is 0.747. The Morgan fingerprint density at radius 2 is 1.85 bits per heavy atom. The van der Waals surface area contributed by atoms with E-state index in [2.05, 4.69) is 15.3 Å². The van der Waals surface area contributed by atoms with E-state index in [9.17, 15) is 4.39 Å². The Labute approximate surface area is 115 Å². The van der Waals surface area contributed by atoms with Gasteiger partial charge in [0.25, 0.3) is 0 Å². The van der Waals surface area contributed by atoms with Crippen molar-refractivity contribution in [2.75, 3.05) is 11.1 Å². The van der Waals surface area contributed by atoms with Gasteiger partial charge in [0.2, 0.25) is 5.95 Å². The van der Waals surface area contributed by atoms with Gasteiger partial charge in [-0.3, -0.25) is 0 Å². The maximum Gasteiger partial charge on any atom is 0.222 e. The van der Waals surface area contributed by atoms with E-state index >= 15 is 0 Å². The van der Waals surface area contributed by atoms with Gasteiger partial charge in [-0.25, -0.2) is 9.37 Å². The summed E-state index contributed by atoms with van der Waals surface area (Å²) in [7, 11) is 0. The molecule has 1 heterocycles. The first kappa shape index (κ1) is 12.3. The molecule has 3 aromatic rings. The summed E-state index contributed by atoms with van der Waals surface area (Å²) in [5, 5.41) is 3.96. The summed E-state index contributed by atoms with van der Waals surface area (Å²) in [6, 6.07) is 12.4. The number of nitrogens with zero attached hydrogens (tertiary/aromatic N) is 2. The third-order valence-electron chi connectivity index (χ3n) is 3.14. The number of benzene rings is 2. The summed E-state index contributed by atoms with van der Waals surface area (Å²) in [5.74, 6) is 0.489. The van der Waals surface area contributed by atoms with Crippen LogP contribution in [-0.4, -0.2) is 9.97 Å². The SMILES string of the molecule is Cc1c(F)cccc1Nc1nc(N)nc2ccccc12. The third kappa shape index (κ3) is 2.14. The van der Waals surface area contributed by atoms with Crippen LogP contribution >= 0.6 is 0 Å². The van der Waals surface area contributed by atoms with Crippen molar-refractivity contribution in [3.8, 4) is 0 Å². The molecule has 0 fully saturated rings. The van der Waals surface area contributed by atoms with E-state index in [1.807, 2.05) is 24.3 Å². The van der Waals surface area contributed by atoms with Gasteiger partial charge in [0.05, 0.1) is 5.52 Å². The minimum absolute atomic E-state index is 0.181. The van der Waals surface area contributed by atoms with Crippen LogP contribution in [0.2, 0.25) is 0 Å². The molecule has 4 nitrogen and oxygen atoms in total. The predicted molar refractivity (Wildman–Crippen MR) is 78.4 cm³/mol. The van der Waals surface area contributed by atoms with E-state index in [4.69, 9.17) is 5.73 Å². The molecule has 0 aliphatic carbocycles. The Morgan fingerprint density at radius 3 is 2.70 bits per heavy atom. The molecule has 3 rings (SSSR count). The minimum atomic E-state index is -0.263. The Hall–Kier alpha value is -2.69. The van der Waals surface area contributed by atoms with Gasteiger partial charge in [0.15, 0.2) is 0 Å². The molecule has 0 spiro atoms. The van der Waals surface area contributed by atoms with Crippen LogP contribution in [0.15, 0.2) is 42.5 Å². The van der Waals surface area contributed by atoms with Crippen LogP contribution in [0.5, 0.6) is 0 Å². The summed E-state index contributed by atoms with van der Waals surface area (Å²) in [4.78, 5) is 8.37. The number of nitrogens with one attached hydrogen (secondary N) is 1. The van der Waals surface area contributed by atoms with Crippen LogP contribution in [0.4, 0.5) is 21.8 Å². The zero-order valence-corrected chi connectivity index (χ0v) is 10.9. The average molecular weight is 268 g/mol. The molecule has 0 atom stereocenters. The number of hydrogen-bond acceptors (Lipinski definition) is 4. The molecular formula is C15H13FN4. The number of fused-ring (bicyclic) bond motifs is 1. The molecule has 100 valence electrons. The van der Waals surface area contributed by atoms with Crippen LogP contribution in [0.1, 0.15) is 5.56 Å². The smallest absolute Gasteiger partial charge is 0.222 e. The van der Waals surface area contributed by atoms with Crippen LogP contribution in [0, 0.1) is 12.7 Å². The second-order valence-corrected chi connectivity index (χ2v) is 4.48. The van der Waals surface area contributed by atoms with Crippen LogP contribution in [0.25, 0.3) is 10.9 Å². The van der Waals surface area contributed by atoms with Gasteiger partial charge in [0, 0.05) is 16.6 Å². The van der Waals surface area contributed by atoms with E-state index in [0.29, 0.717) is 17.1 Å². The molecule has 0 saturated carbocycles. The van der Waals surface area contributed by atoms with Crippen molar-refractivity contribution in [3.63, 3.8) is 0 Å².